The van der Waals surface area contributed by atoms with Crippen LogP contribution in [0.1, 0.15) is 39.5 Å². The molecule has 0 bridgehead atoms. The first-order valence-corrected chi connectivity index (χ1v) is 7.11. The third-order valence-corrected chi connectivity index (χ3v) is 4.86. The molecule has 0 aromatic heterocycles. The fourth-order valence-corrected chi connectivity index (χ4v) is 3.12. The number of hydrogen-bond donors (Lipinski definition) is 1. The lowest BCUT2D eigenvalue weighted by molar-refractivity contribution is -0.139. The van der Waals surface area contributed by atoms with Crippen molar-refractivity contribution in [1.29, 1.82) is 0 Å². The Bertz CT molecular complexity index is 391. The van der Waals surface area contributed by atoms with Crippen LogP contribution in [0.25, 0.3) is 0 Å². The van der Waals surface area contributed by atoms with Crippen molar-refractivity contribution in [3.05, 3.63) is 0 Å². The molecule has 3 atom stereocenters. The van der Waals surface area contributed by atoms with E-state index < -0.39 is 5.54 Å². The van der Waals surface area contributed by atoms with Gasteiger partial charge in [-0.05, 0) is 43.9 Å². The Hall–Kier alpha value is -1.06. The van der Waals surface area contributed by atoms with Gasteiger partial charge in [0, 0.05) is 19.5 Å². The van der Waals surface area contributed by atoms with Gasteiger partial charge in [0.25, 0.3) is 0 Å². The summed E-state index contributed by atoms with van der Waals surface area (Å²) in [5.41, 5.74) is -0.633. The van der Waals surface area contributed by atoms with Crippen molar-refractivity contribution in [2.45, 2.75) is 45.1 Å². The number of nitrogens with one attached hydrogen (secondary N) is 1. The minimum Gasteiger partial charge on any atom is -0.342 e. The first-order chi connectivity index (χ1) is 8.50. The molecule has 18 heavy (non-hydrogen) atoms. The Kier molecular flexibility index (Phi) is 2.65. The molecule has 0 spiro atoms. The van der Waals surface area contributed by atoms with Gasteiger partial charge in [0.05, 0.1) is 0 Å². The van der Waals surface area contributed by atoms with Gasteiger partial charge in [-0.3, -0.25) is 9.59 Å². The molecule has 0 radical (unpaired) electrons. The predicted molar refractivity (Wildman–Crippen MR) is 67.7 cm³/mol. The minimum atomic E-state index is -0.633. The summed E-state index contributed by atoms with van der Waals surface area (Å²) in [6.07, 6.45) is 3.81. The van der Waals surface area contributed by atoms with Crippen LogP contribution in [0, 0.1) is 17.8 Å². The highest BCUT2D eigenvalue weighted by atomic mass is 16.2. The lowest BCUT2D eigenvalue weighted by atomic mass is 9.94. The molecule has 3 aliphatic rings. The molecular formula is C14H22N2O2. The highest BCUT2D eigenvalue weighted by Crippen LogP contribution is 2.43. The third kappa shape index (κ3) is 2.02. The van der Waals surface area contributed by atoms with Gasteiger partial charge in [-0.2, -0.15) is 0 Å². The van der Waals surface area contributed by atoms with E-state index in [2.05, 4.69) is 12.2 Å². The SMILES string of the molecule is CC1CC1CN1CCC(=O)NC(C)(C2CC2)C1=O. The average Bonchev–Trinajstić information content (AvgIpc) is 3.18. The van der Waals surface area contributed by atoms with Gasteiger partial charge in [0.2, 0.25) is 11.8 Å². The molecule has 4 heteroatoms. The van der Waals surface area contributed by atoms with E-state index in [-0.39, 0.29) is 11.8 Å². The zero-order valence-electron chi connectivity index (χ0n) is 11.2. The van der Waals surface area contributed by atoms with E-state index in [0.29, 0.717) is 24.8 Å². The summed E-state index contributed by atoms with van der Waals surface area (Å²) in [5, 5.41) is 2.97. The fraction of sp³-hybridized carbons (Fsp3) is 0.857. The topological polar surface area (TPSA) is 49.4 Å². The number of carbonyl (C=O) groups is 2. The summed E-state index contributed by atoms with van der Waals surface area (Å²) < 4.78 is 0. The molecule has 1 aliphatic heterocycles. The van der Waals surface area contributed by atoms with Crippen LogP contribution < -0.4 is 5.32 Å². The Balaban J connectivity index is 1.77. The molecule has 0 aromatic carbocycles. The van der Waals surface area contributed by atoms with Gasteiger partial charge >= 0.3 is 0 Å². The Morgan fingerprint density at radius 2 is 2.06 bits per heavy atom. The normalized spacial score (nSPS) is 40.4. The first-order valence-electron chi connectivity index (χ1n) is 7.11. The van der Waals surface area contributed by atoms with Gasteiger partial charge in [-0.15, -0.1) is 0 Å². The summed E-state index contributed by atoms with van der Waals surface area (Å²) in [7, 11) is 0. The van der Waals surface area contributed by atoms with Crippen molar-refractivity contribution in [3.8, 4) is 0 Å². The molecule has 3 fully saturated rings. The Morgan fingerprint density at radius 3 is 2.61 bits per heavy atom. The summed E-state index contributed by atoms with van der Waals surface area (Å²) in [5.74, 6) is 1.94. The zero-order chi connectivity index (χ0) is 12.9. The second kappa shape index (κ2) is 3.97. The van der Waals surface area contributed by atoms with Crippen LogP contribution in [0.3, 0.4) is 0 Å². The molecule has 1 heterocycles. The first kappa shape index (κ1) is 12.0. The average molecular weight is 250 g/mol. The third-order valence-electron chi connectivity index (χ3n) is 4.86. The summed E-state index contributed by atoms with van der Waals surface area (Å²) in [4.78, 5) is 26.4. The summed E-state index contributed by atoms with van der Waals surface area (Å²) in [6, 6.07) is 0. The number of amides is 2. The number of nitrogens with zero attached hydrogens (tertiary/aromatic N) is 1. The van der Waals surface area contributed by atoms with Gasteiger partial charge in [0.15, 0.2) is 0 Å². The fourth-order valence-electron chi connectivity index (χ4n) is 3.12. The molecule has 2 aliphatic carbocycles. The van der Waals surface area contributed by atoms with E-state index in [4.69, 9.17) is 0 Å². The van der Waals surface area contributed by atoms with Crippen molar-refractivity contribution in [3.63, 3.8) is 0 Å². The van der Waals surface area contributed by atoms with E-state index >= 15 is 0 Å². The van der Waals surface area contributed by atoms with E-state index in [1.165, 1.54) is 6.42 Å². The molecule has 0 aromatic rings. The van der Waals surface area contributed by atoms with Crippen molar-refractivity contribution < 1.29 is 9.59 Å². The van der Waals surface area contributed by atoms with E-state index in [1.54, 1.807) is 0 Å². The summed E-state index contributed by atoms with van der Waals surface area (Å²) in [6.45, 7) is 5.59. The van der Waals surface area contributed by atoms with E-state index in [9.17, 15) is 9.59 Å². The molecule has 3 unspecified atom stereocenters. The predicted octanol–water partition coefficient (Wildman–Crippen LogP) is 1.16. The Morgan fingerprint density at radius 1 is 1.39 bits per heavy atom. The van der Waals surface area contributed by atoms with Crippen LogP contribution in [0.4, 0.5) is 0 Å². The van der Waals surface area contributed by atoms with Gasteiger partial charge < -0.3 is 10.2 Å². The lowest BCUT2D eigenvalue weighted by Gasteiger charge is -2.32. The van der Waals surface area contributed by atoms with Crippen molar-refractivity contribution >= 4 is 11.8 Å². The molecule has 1 saturated heterocycles. The molecule has 1 N–H and O–H groups in total. The van der Waals surface area contributed by atoms with Crippen LogP contribution in [0.15, 0.2) is 0 Å². The highest BCUT2D eigenvalue weighted by molar-refractivity contribution is 5.93. The molecule has 2 saturated carbocycles. The summed E-state index contributed by atoms with van der Waals surface area (Å²) >= 11 is 0. The number of rotatable bonds is 3. The van der Waals surface area contributed by atoms with Crippen molar-refractivity contribution in [1.82, 2.24) is 10.2 Å². The van der Waals surface area contributed by atoms with Crippen LogP contribution in [0.5, 0.6) is 0 Å². The molecular weight excluding hydrogens is 228 g/mol. The molecule has 4 nitrogen and oxygen atoms in total. The van der Waals surface area contributed by atoms with Crippen molar-refractivity contribution in [2.24, 2.45) is 17.8 Å². The van der Waals surface area contributed by atoms with Crippen LogP contribution in [-0.2, 0) is 9.59 Å². The smallest absolute Gasteiger partial charge is 0.248 e. The van der Waals surface area contributed by atoms with E-state index in [1.807, 2.05) is 11.8 Å². The second-order valence-electron chi connectivity index (χ2n) is 6.50. The lowest BCUT2D eigenvalue weighted by Crippen LogP contribution is -2.57. The van der Waals surface area contributed by atoms with Crippen LogP contribution >= 0.6 is 0 Å². The van der Waals surface area contributed by atoms with Crippen LogP contribution in [0.2, 0.25) is 0 Å². The monoisotopic (exact) mass is 250 g/mol. The maximum absolute atomic E-state index is 12.7. The molecule has 2 amide bonds. The zero-order valence-corrected chi connectivity index (χ0v) is 11.2. The minimum absolute atomic E-state index is 0.0316. The number of carbonyl (C=O) groups excluding carboxylic acids is 2. The molecule has 100 valence electrons. The standard InChI is InChI=1S/C14H22N2O2/c1-9-7-10(9)8-16-6-5-12(17)15-14(2,13(16)18)11-3-4-11/h9-11H,3-8H2,1-2H3,(H,15,17). The largest absolute Gasteiger partial charge is 0.342 e. The van der Waals surface area contributed by atoms with Gasteiger partial charge in [0.1, 0.15) is 5.54 Å². The van der Waals surface area contributed by atoms with E-state index in [0.717, 1.165) is 25.3 Å². The quantitative estimate of drug-likeness (QED) is 0.817. The maximum atomic E-state index is 12.7. The second-order valence-corrected chi connectivity index (χ2v) is 6.50. The van der Waals surface area contributed by atoms with Gasteiger partial charge in [-0.25, -0.2) is 0 Å². The Labute approximate surface area is 108 Å². The molecule has 3 rings (SSSR count). The number of hydrogen-bond acceptors (Lipinski definition) is 2. The maximum Gasteiger partial charge on any atom is 0.248 e. The highest BCUT2D eigenvalue weighted by Gasteiger charge is 2.51. The van der Waals surface area contributed by atoms with Gasteiger partial charge in [-0.1, -0.05) is 6.92 Å². The van der Waals surface area contributed by atoms with Crippen LogP contribution in [-0.4, -0.2) is 35.3 Å². The van der Waals surface area contributed by atoms with Crippen molar-refractivity contribution in [2.75, 3.05) is 13.1 Å².